The minimum absolute atomic E-state index is 0.0147. The first-order valence-electron chi connectivity index (χ1n) is 7.07. The number of primary sulfonamides is 1. The van der Waals surface area contributed by atoms with Gasteiger partial charge in [0.2, 0.25) is 10.0 Å². The van der Waals surface area contributed by atoms with Gasteiger partial charge in [0, 0.05) is 7.05 Å². The lowest BCUT2D eigenvalue weighted by Gasteiger charge is -2.26. The number of hydrogen-bond acceptors (Lipinski definition) is 3. The van der Waals surface area contributed by atoms with Crippen molar-refractivity contribution in [2.45, 2.75) is 17.9 Å². The predicted octanol–water partition coefficient (Wildman–Crippen LogP) is 3.61. The molecule has 0 aromatic heterocycles. The first-order valence-corrected chi connectivity index (χ1v) is 9.37. The van der Waals surface area contributed by atoms with Crippen LogP contribution in [0.2, 0.25) is 10.0 Å². The monoisotopic (exact) mass is 404 g/mol. The Hall–Kier alpha value is -1.67. The van der Waals surface area contributed by atoms with Crippen LogP contribution in [0, 0.1) is 5.82 Å². The summed E-state index contributed by atoms with van der Waals surface area (Å²) in [5.74, 6) is -1.24. The molecule has 1 unspecified atom stereocenters. The predicted molar refractivity (Wildman–Crippen MR) is 94.7 cm³/mol. The van der Waals surface area contributed by atoms with Gasteiger partial charge in [-0.1, -0.05) is 35.3 Å². The van der Waals surface area contributed by atoms with Crippen LogP contribution in [-0.2, 0) is 10.0 Å². The van der Waals surface area contributed by atoms with E-state index in [0.717, 1.165) is 6.07 Å². The number of carbonyl (C=O) groups is 1. The minimum Gasteiger partial charge on any atom is -0.335 e. The number of nitrogens with two attached hydrogens (primary N) is 1. The Morgan fingerprint density at radius 2 is 1.72 bits per heavy atom. The molecule has 0 radical (unpaired) electrons. The van der Waals surface area contributed by atoms with Crippen LogP contribution in [0.1, 0.15) is 28.9 Å². The summed E-state index contributed by atoms with van der Waals surface area (Å²) in [6.07, 6.45) is 0. The second kappa shape index (κ2) is 7.29. The Bertz CT molecular complexity index is 918. The van der Waals surface area contributed by atoms with E-state index in [1.165, 1.54) is 30.1 Å². The van der Waals surface area contributed by atoms with Crippen molar-refractivity contribution in [3.8, 4) is 0 Å². The van der Waals surface area contributed by atoms with E-state index >= 15 is 0 Å². The Labute approximate surface area is 155 Å². The summed E-state index contributed by atoms with van der Waals surface area (Å²) in [7, 11) is -2.26. The average molecular weight is 405 g/mol. The van der Waals surface area contributed by atoms with Crippen molar-refractivity contribution in [1.82, 2.24) is 4.90 Å². The molecule has 0 aliphatic carbocycles. The van der Waals surface area contributed by atoms with Gasteiger partial charge in [0.25, 0.3) is 5.91 Å². The molecule has 0 aliphatic rings. The first kappa shape index (κ1) is 19.7. The Balaban J connectivity index is 2.29. The highest BCUT2D eigenvalue weighted by molar-refractivity contribution is 7.89. The average Bonchev–Trinajstić information content (AvgIpc) is 2.55. The lowest BCUT2D eigenvalue weighted by atomic mass is 10.1. The molecule has 0 bridgehead atoms. The molecule has 0 spiro atoms. The molecule has 2 rings (SSSR count). The number of rotatable bonds is 4. The fourth-order valence-corrected chi connectivity index (χ4v) is 3.19. The summed E-state index contributed by atoms with van der Waals surface area (Å²) in [6.45, 7) is 1.74. The highest BCUT2D eigenvalue weighted by atomic mass is 35.5. The van der Waals surface area contributed by atoms with Crippen LogP contribution in [0.5, 0.6) is 0 Å². The summed E-state index contributed by atoms with van der Waals surface area (Å²) in [6, 6.07) is 7.56. The number of carbonyl (C=O) groups excluding carboxylic acids is 1. The molecule has 0 fully saturated rings. The molecule has 0 heterocycles. The Morgan fingerprint density at radius 3 is 2.24 bits per heavy atom. The number of benzene rings is 2. The van der Waals surface area contributed by atoms with Gasteiger partial charge in [0.05, 0.1) is 26.5 Å². The fourth-order valence-electron chi connectivity index (χ4n) is 2.21. The zero-order chi connectivity index (χ0) is 18.9. The number of halogens is 3. The minimum atomic E-state index is -3.79. The fraction of sp³-hybridized carbons (Fsp3) is 0.188. The Morgan fingerprint density at radius 1 is 1.16 bits per heavy atom. The lowest BCUT2D eigenvalue weighted by molar-refractivity contribution is 0.0742. The molecular formula is C16H15Cl2FN2O3S. The number of nitrogens with zero attached hydrogens (tertiary/aromatic N) is 1. The molecule has 0 saturated carbocycles. The van der Waals surface area contributed by atoms with E-state index in [2.05, 4.69) is 0 Å². The summed E-state index contributed by atoms with van der Waals surface area (Å²) in [5.41, 5.74) is 0.660. The van der Waals surface area contributed by atoms with E-state index in [9.17, 15) is 17.6 Å². The number of hydrogen-bond donors (Lipinski definition) is 1. The van der Waals surface area contributed by atoms with Crippen LogP contribution in [0.25, 0.3) is 0 Å². The normalized spacial score (nSPS) is 12.7. The molecule has 9 heteroatoms. The second-order valence-electron chi connectivity index (χ2n) is 5.45. The maximum absolute atomic E-state index is 13.6. The SMILES string of the molecule is CC(c1ccc(S(N)(=O)=O)cc1)N(C)C(=O)c1cc(F)c(Cl)cc1Cl. The van der Waals surface area contributed by atoms with Gasteiger partial charge in [-0.05, 0) is 36.8 Å². The topological polar surface area (TPSA) is 80.5 Å². The second-order valence-corrected chi connectivity index (χ2v) is 7.83. The van der Waals surface area contributed by atoms with E-state index in [1.54, 1.807) is 19.1 Å². The van der Waals surface area contributed by atoms with Crippen LogP contribution in [0.4, 0.5) is 4.39 Å². The molecule has 2 aromatic rings. The van der Waals surface area contributed by atoms with Crippen LogP contribution in [0.15, 0.2) is 41.3 Å². The maximum atomic E-state index is 13.6. The van der Waals surface area contributed by atoms with E-state index in [-0.39, 0.29) is 20.5 Å². The van der Waals surface area contributed by atoms with Crippen LogP contribution in [-0.4, -0.2) is 26.3 Å². The Kier molecular flexibility index (Phi) is 5.73. The van der Waals surface area contributed by atoms with Crippen molar-refractivity contribution < 1.29 is 17.6 Å². The van der Waals surface area contributed by atoms with Gasteiger partial charge < -0.3 is 4.90 Å². The molecule has 5 nitrogen and oxygen atoms in total. The third kappa shape index (κ3) is 4.30. The highest BCUT2D eigenvalue weighted by Crippen LogP contribution is 2.28. The zero-order valence-electron chi connectivity index (χ0n) is 13.3. The molecule has 134 valence electrons. The smallest absolute Gasteiger partial charge is 0.255 e. The molecule has 1 amide bonds. The van der Waals surface area contributed by atoms with Crippen LogP contribution in [0.3, 0.4) is 0 Å². The summed E-state index contributed by atoms with van der Waals surface area (Å²) < 4.78 is 36.2. The summed E-state index contributed by atoms with van der Waals surface area (Å²) in [5, 5.41) is 4.93. The van der Waals surface area contributed by atoms with Crippen molar-refractivity contribution in [2.24, 2.45) is 5.14 Å². The molecule has 2 N–H and O–H groups in total. The van der Waals surface area contributed by atoms with E-state index in [0.29, 0.717) is 5.56 Å². The van der Waals surface area contributed by atoms with Gasteiger partial charge in [-0.2, -0.15) is 0 Å². The third-order valence-corrected chi connectivity index (χ3v) is 5.36. The molecule has 2 aromatic carbocycles. The van der Waals surface area contributed by atoms with Crippen molar-refractivity contribution in [1.29, 1.82) is 0 Å². The maximum Gasteiger partial charge on any atom is 0.255 e. The van der Waals surface area contributed by atoms with Crippen molar-refractivity contribution in [3.05, 3.63) is 63.4 Å². The molecule has 25 heavy (non-hydrogen) atoms. The lowest BCUT2D eigenvalue weighted by Crippen LogP contribution is -2.30. The van der Waals surface area contributed by atoms with Crippen LogP contribution < -0.4 is 5.14 Å². The first-order chi connectivity index (χ1) is 11.5. The van der Waals surface area contributed by atoms with Gasteiger partial charge >= 0.3 is 0 Å². The van der Waals surface area contributed by atoms with Crippen molar-refractivity contribution in [2.75, 3.05) is 7.05 Å². The van der Waals surface area contributed by atoms with E-state index in [4.69, 9.17) is 28.3 Å². The zero-order valence-corrected chi connectivity index (χ0v) is 15.7. The molecular weight excluding hydrogens is 390 g/mol. The van der Waals surface area contributed by atoms with Crippen molar-refractivity contribution in [3.63, 3.8) is 0 Å². The highest BCUT2D eigenvalue weighted by Gasteiger charge is 2.22. The summed E-state index contributed by atoms with van der Waals surface area (Å²) in [4.78, 5) is 13.9. The van der Waals surface area contributed by atoms with Gasteiger partial charge in [-0.15, -0.1) is 0 Å². The van der Waals surface area contributed by atoms with Crippen LogP contribution >= 0.6 is 23.2 Å². The largest absolute Gasteiger partial charge is 0.335 e. The quantitative estimate of drug-likeness (QED) is 0.790. The molecule has 0 saturated heterocycles. The molecule has 1 atom stereocenters. The van der Waals surface area contributed by atoms with Gasteiger partial charge in [0.15, 0.2) is 0 Å². The van der Waals surface area contributed by atoms with E-state index < -0.39 is 27.8 Å². The van der Waals surface area contributed by atoms with Gasteiger partial charge in [0.1, 0.15) is 5.82 Å². The summed E-state index contributed by atoms with van der Waals surface area (Å²) >= 11 is 11.6. The number of sulfonamides is 1. The third-order valence-electron chi connectivity index (χ3n) is 3.83. The van der Waals surface area contributed by atoms with E-state index in [1.807, 2.05) is 0 Å². The van der Waals surface area contributed by atoms with Gasteiger partial charge in [-0.25, -0.2) is 17.9 Å². The number of amides is 1. The van der Waals surface area contributed by atoms with Crippen molar-refractivity contribution >= 4 is 39.1 Å². The standard InChI is InChI=1S/C16H15Cl2FN2O3S/c1-9(10-3-5-11(6-4-10)25(20,23)24)21(2)16(22)12-7-15(19)14(18)8-13(12)17/h3-9H,1-2H3,(H2,20,23,24). The van der Waals surface area contributed by atoms with Gasteiger partial charge in [-0.3, -0.25) is 4.79 Å². The molecule has 0 aliphatic heterocycles.